The van der Waals surface area contributed by atoms with Crippen molar-refractivity contribution in [3.05, 3.63) is 81.1 Å². The third-order valence-electron chi connectivity index (χ3n) is 5.90. The number of methoxy groups -OCH3 is 1. The number of alkyl halides is 1. The Morgan fingerprint density at radius 3 is 1.90 bits per heavy atom. The minimum absolute atomic E-state index is 0. The minimum Gasteiger partial charge on any atom is -0.465 e. The van der Waals surface area contributed by atoms with Gasteiger partial charge in [0.25, 0.3) is 5.91 Å². The molecule has 0 spiro atoms. The van der Waals surface area contributed by atoms with E-state index < -0.39 is 5.97 Å². The lowest BCUT2D eigenvalue weighted by molar-refractivity contribution is 0.0594. The smallest absolute Gasteiger partial charge is 0.341 e. The number of hydrogen-bond acceptors (Lipinski definition) is 6. The lowest BCUT2D eigenvalue weighted by Crippen LogP contribution is -2.41. The van der Waals surface area contributed by atoms with Gasteiger partial charge in [0.2, 0.25) is 0 Å². The van der Waals surface area contributed by atoms with Crippen molar-refractivity contribution in [3.8, 4) is 0 Å². The number of hydrogen-bond donors (Lipinski definition) is 1. The summed E-state index contributed by atoms with van der Waals surface area (Å²) in [6.45, 7) is 12.5. The average Bonchev–Trinajstić information content (AvgIpc) is 3.24. The molecule has 0 aliphatic carbocycles. The molecule has 7 nitrogen and oxygen atoms in total. The van der Waals surface area contributed by atoms with Crippen LogP contribution in [0.3, 0.4) is 0 Å². The van der Waals surface area contributed by atoms with E-state index in [9.17, 15) is 9.59 Å². The molecule has 42 heavy (non-hydrogen) atoms. The number of carbonyl (C=O) groups is 2. The van der Waals surface area contributed by atoms with E-state index in [1.165, 1.54) is 7.11 Å². The van der Waals surface area contributed by atoms with Crippen molar-refractivity contribution in [1.29, 1.82) is 0 Å². The summed E-state index contributed by atoms with van der Waals surface area (Å²) in [5.41, 5.74) is 8.99. The van der Waals surface area contributed by atoms with Crippen LogP contribution in [0.2, 0.25) is 10.0 Å². The molecule has 226 valence electrons. The largest absolute Gasteiger partial charge is 0.465 e. The quantitative estimate of drug-likeness (QED) is 0.169. The maximum Gasteiger partial charge on any atom is 0.341 e. The molecule has 1 amide bonds. The molecule has 0 radical (unpaired) electrons. The van der Waals surface area contributed by atoms with Crippen LogP contribution in [0.1, 0.15) is 81.1 Å². The standard InChI is InChI=1S/C15H15ClN2O.C12H9BrClNO2.C4H11N.CH4/c1-15(2,3)18-8-11-12(14(18)19)13(16)9-6-4-5-7-10(9)17-11;1-17-12(16)10-9(6-13)15-8-5-3-2-4-7(8)11(10)14;1-4(2,3)5;/h4-7H,8H2,1-3H3;2-5H,6H2,1H3;5H2,1-3H3;1H4. The van der Waals surface area contributed by atoms with E-state index in [1.807, 2.05) is 95.0 Å². The summed E-state index contributed by atoms with van der Waals surface area (Å²) < 4.78 is 4.72. The highest BCUT2D eigenvalue weighted by molar-refractivity contribution is 9.08. The molecule has 0 saturated carbocycles. The Hall–Kier alpha value is -2.78. The van der Waals surface area contributed by atoms with E-state index >= 15 is 0 Å². The number of aromatic nitrogens is 2. The molecule has 1 aliphatic heterocycles. The van der Waals surface area contributed by atoms with Gasteiger partial charge in [0, 0.05) is 27.2 Å². The third-order valence-corrected chi connectivity index (χ3v) is 7.22. The molecule has 0 atom stereocenters. The Labute approximate surface area is 266 Å². The normalized spacial score (nSPS) is 12.5. The first-order valence-corrected chi connectivity index (χ1v) is 14.9. The second-order valence-corrected chi connectivity index (χ2v) is 12.9. The maximum atomic E-state index is 12.5. The predicted octanol–water partition coefficient (Wildman–Crippen LogP) is 8.59. The Morgan fingerprint density at radius 2 is 1.43 bits per heavy atom. The number of nitrogens with two attached hydrogens (primary N) is 1. The molecule has 2 aromatic heterocycles. The van der Waals surface area contributed by atoms with Gasteiger partial charge in [0.15, 0.2) is 0 Å². The van der Waals surface area contributed by atoms with Crippen molar-refractivity contribution < 1.29 is 14.3 Å². The fourth-order valence-electron chi connectivity index (χ4n) is 4.08. The van der Waals surface area contributed by atoms with Crippen molar-refractivity contribution in [1.82, 2.24) is 14.9 Å². The number of amides is 1. The lowest BCUT2D eigenvalue weighted by Gasteiger charge is -2.31. The zero-order valence-corrected chi connectivity index (χ0v) is 27.4. The van der Waals surface area contributed by atoms with Crippen molar-refractivity contribution >= 4 is 72.8 Å². The van der Waals surface area contributed by atoms with Gasteiger partial charge in [-0.2, -0.15) is 0 Å². The number of esters is 1. The van der Waals surface area contributed by atoms with E-state index in [-0.39, 0.29) is 24.4 Å². The highest BCUT2D eigenvalue weighted by Gasteiger charge is 2.37. The summed E-state index contributed by atoms with van der Waals surface area (Å²) in [7, 11) is 1.33. The van der Waals surface area contributed by atoms with Crippen LogP contribution in [0, 0.1) is 0 Å². The number of fused-ring (bicyclic) bond motifs is 3. The van der Waals surface area contributed by atoms with Crippen LogP contribution in [0.5, 0.6) is 0 Å². The van der Waals surface area contributed by atoms with E-state index in [4.69, 9.17) is 33.7 Å². The Morgan fingerprint density at radius 1 is 0.952 bits per heavy atom. The zero-order valence-electron chi connectivity index (χ0n) is 24.3. The van der Waals surface area contributed by atoms with Crippen LogP contribution in [-0.4, -0.2) is 44.9 Å². The van der Waals surface area contributed by atoms with Gasteiger partial charge in [-0.25, -0.2) is 9.78 Å². The third kappa shape index (κ3) is 8.19. The Kier molecular flexibility index (Phi) is 11.9. The number of pyridine rings is 2. The van der Waals surface area contributed by atoms with E-state index in [2.05, 4.69) is 25.9 Å². The van der Waals surface area contributed by atoms with Gasteiger partial charge in [-0.05, 0) is 53.7 Å². The molecule has 0 bridgehead atoms. The SMILES string of the molecule is C.CC(C)(C)N.CC(C)(C)N1Cc2nc3ccccc3c(Cl)c2C1=O.COC(=O)c1c(CBr)nc2ccccc2c1Cl. The summed E-state index contributed by atoms with van der Waals surface area (Å²) in [5, 5.41) is 2.95. The van der Waals surface area contributed by atoms with Crippen LogP contribution < -0.4 is 5.73 Å². The fraction of sp³-hybridized carbons (Fsp3) is 0.375. The molecule has 0 fully saturated rings. The number of rotatable bonds is 2. The number of carbonyl (C=O) groups excluding carboxylic acids is 2. The van der Waals surface area contributed by atoms with Crippen molar-refractivity contribution in [2.24, 2.45) is 5.73 Å². The van der Waals surface area contributed by atoms with Crippen molar-refractivity contribution in [3.63, 3.8) is 0 Å². The first-order chi connectivity index (χ1) is 19.1. The average molecular weight is 678 g/mol. The highest BCUT2D eigenvalue weighted by Crippen LogP contribution is 2.36. The number of para-hydroxylation sites is 2. The fourth-order valence-corrected chi connectivity index (χ4v) is 5.18. The highest BCUT2D eigenvalue weighted by atomic mass is 79.9. The number of halogens is 3. The summed E-state index contributed by atoms with van der Waals surface area (Å²) in [4.78, 5) is 35.0. The first-order valence-electron chi connectivity index (χ1n) is 13.0. The van der Waals surface area contributed by atoms with Gasteiger partial charge >= 0.3 is 5.97 Å². The van der Waals surface area contributed by atoms with Gasteiger partial charge in [-0.3, -0.25) is 9.78 Å². The molecule has 2 aromatic carbocycles. The van der Waals surface area contributed by atoms with Crippen LogP contribution in [0.4, 0.5) is 0 Å². The van der Waals surface area contributed by atoms with Gasteiger partial charge in [0.05, 0.1) is 51.7 Å². The summed E-state index contributed by atoms with van der Waals surface area (Å²) in [5.74, 6) is -0.492. The van der Waals surface area contributed by atoms with Crippen LogP contribution in [0.15, 0.2) is 48.5 Å². The van der Waals surface area contributed by atoms with Crippen LogP contribution in [-0.2, 0) is 16.6 Å². The summed E-state index contributed by atoms with van der Waals surface area (Å²) in [6, 6.07) is 15.1. The van der Waals surface area contributed by atoms with Crippen molar-refractivity contribution in [2.75, 3.05) is 7.11 Å². The number of benzene rings is 2. The van der Waals surface area contributed by atoms with E-state index in [0.717, 1.165) is 27.5 Å². The first kappa shape index (κ1) is 35.4. The monoisotopic (exact) mass is 676 g/mol. The number of nitrogens with zero attached hydrogens (tertiary/aromatic N) is 3. The maximum absolute atomic E-state index is 12.5. The van der Waals surface area contributed by atoms with Crippen LogP contribution in [0.25, 0.3) is 21.8 Å². The minimum atomic E-state index is -0.470. The predicted molar refractivity (Wildman–Crippen MR) is 178 cm³/mol. The second kappa shape index (κ2) is 14.1. The van der Waals surface area contributed by atoms with Gasteiger partial charge in [0.1, 0.15) is 5.56 Å². The van der Waals surface area contributed by atoms with Gasteiger partial charge < -0.3 is 15.4 Å². The van der Waals surface area contributed by atoms with E-state index in [0.29, 0.717) is 38.7 Å². The molecule has 4 aromatic rings. The zero-order chi connectivity index (χ0) is 30.7. The van der Waals surface area contributed by atoms with E-state index in [1.54, 1.807) is 0 Å². The second-order valence-electron chi connectivity index (χ2n) is 11.6. The molecule has 5 rings (SSSR count). The molecular weight excluding hydrogens is 639 g/mol. The summed E-state index contributed by atoms with van der Waals surface area (Å²) in [6.07, 6.45) is 0. The Balaban J connectivity index is 0.000000250. The molecule has 10 heteroatoms. The van der Waals surface area contributed by atoms with Crippen LogP contribution >= 0.6 is 39.1 Å². The lowest BCUT2D eigenvalue weighted by atomic mass is 10.1. The topological polar surface area (TPSA) is 98.4 Å². The molecular formula is C32H39BrCl2N4O3. The van der Waals surface area contributed by atoms with Gasteiger partial charge in [-0.1, -0.05) is 83.0 Å². The Bertz CT molecular complexity index is 1590. The molecule has 1 aliphatic rings. The molecule has 2 N–H and O–H groups in total. The molecule has 3 heterocycles. The molecule has 0 saturated heterocycles. The number of ether oxygens (including phenoxy) is 1. The molecule has 0 unspecified atom stereocenters. The van der Waals surface area contributed by atoms with Crippen molar-refractivity contribution in [2.45, 2.75) is 71.9 Å². The van der Waals surface area contributed by atoms with Gasteiger partial charge in [-0.15, -0.1) is 0 Å². The summed E-state index contributed by atoms with van der Waals surface area (Å²) >= 11 is 15.9.